The van der Waals surface area contributed by atoms with Crippen LogP contribution in [0.3, 0.4) is 0 Å². The van der Waals surface area contributed by atoms with E-state index in [1.165, 1.54) is 12.1 Å². The van der Waals surface area contributed by atoms with Crippen molar-refractivity contribution < 1.29 is 13.9 Å². The Balaban J connectivity index is 0.00000392. The predicted octanol–water partition coefficient (Wildman–Crippen LogP) is 2.90. The van der Waals surface area contributed by atoms with Gasteiger partial charge in [0.2, 0.25) is 0 Å². The second-order valence-electron chi connectivity index (χ2n) is 7.00. The van der Waals surface area contributed by atoms with Gasteiger partial charge in [-0.05, 0) is 51.6 Å². The molecule has 0 aliphatic carbocycles. The number of halogens is 2. The molecule has 0 bridgehead atoms. The summed E-state index contributed by atoms with van der Waals surface area (Å²) in [5.41, 5.74) is 1.03. The van der Waals surface area contributed by atoms with Crippen molar-refractivity contribution in [1.29, 1.82) is 0 Å². The highest BCUT2D eigenvalue weighted by atomic mass is 127. The third kappa shape index (κ3) is 6.88. The first kappa shape index (κ1) is 24.6. The van der Waals surface area contributed by atoms with E-state index in [2.05, 4.69) is 20.1 Å². The van der Waals surface area contributed by atoms with Crippen LogP contribution in [0.15, 0.2) is 29.3 Å². The number of piperidine rings is 1. The number of benzene rings is 1. The van der Waals surface area contributed by atoms with E-state index in [-0.39, 0.29) is 47.7 Å². The van der Waals surface area contributed by atoms with Gasteiger partial charge in [-0.3, -0.25) is 9.79 Å². The number of esters is 1. The first-order chi connectivity index (χ1) is 13.0. The number of hydrogen-bond acceptors (Lipinski definition) is 4. The summed E-state index contributed by atoms with van der Waals surface area (Å²) in [7, 11) is 5.74. The fraction of sp³-hybridized carbons (Fsp3) is 0.600. The first-order valence-electron chi connectivity index (χ1n) is 9.50. The molecule has 1 aromatic rings. The fourth-order valence-corrected chi connectivity index (χ4v) is 3.43. The molecule has 0 aromatic heterocycles. The molecular weight excluding hydrogens is 474 g/mol. The molecule has 1 aromatic carbocycles. The minimum Gasteiger partial charge on any atom is -0.466 e. The van der Waals surface area contributed by atoms with E-state index in [1.54, 1.807) is 7.05 Å². The summed E-state index contributed by atoms with van der Waals surface area (Å²) < 4.78 is 18.4. The molecule has 0 spiro atoms. The van der Waals surface area contributed by atoms with Crippen LogP contribution in [0.2, 0.25) is 0 Å². The summed E-state index contributed by atoms with van der Waals surface area (Å²) in [4.78, 5) is 20.7. The van der Waals surface area contributed by atoms with E-state index < -0.39 is 0 Å². The van der Waals surface area contributed by atoms with Crippen molar-refractivity contribution in [3.63, 3.8) is 0 Å². The van der Waals surface area contributed by atoms with E-state index in [0.29, 0.717) is 19.7 Å². The number of hydrogen-bond donors (Lipinski definition) is 1. The lowest BCUT2D eigenvalue weighted by atomic mass is 9.98. The van der Waals surface area contributed by atoms with Gasteiger partial charge in [0.1, 0.15) is 5.82 Å². The molecule has 0 saturated carbocycles. The second-order valence-corrected chi connectivity index (χ2v) is 7.00. The van der Waals surface area contributed by atoms with Gasteiger partial charge in [0, 0.05) is 26.7 Å². The number of nitrogens with one attached hydrogen (secondary N) is 1. The summed E-state index contributed by atoms with van der Waals surface area (Å²) in [6, 6.07) is 6.65. The number of ether oxygens (including phenoxy) is 1. The van der Waals surface area contributed by atoms with Crippen LogP contribution in [0, 0.1) is 11.7 Å². The van der Waals surface area contributed by atoms with E-state index in [9.17, 15) is 9.18 Å². The van der Waals surface area contributed by atoms with Crippen LogP contribution < -0.4 is 5.32 Å². The molecule has 2 rings (SSSR count). The lowest BCUT2D eigenvalue weighted by Gasteiger charge is -2.35. The van der Waals surface area contributed by atoms with Crippen LogP contribution in [0.5, 0.6) is 0 Å². The van der Waals surface area contributed by atoms with Gasteiger partial charge in [-0.25, -0.2) is 4.39 Å². The van der Waals surface area contributed by atoms with Crippen molar-refractivity contribution in [3.05, 3.63) is 35.6 Å². The molecule has 6 nitrogen and oxygen atoms in total. The SMILES string of the molecule is CCOC(=O)C1CCCN(C(=NC)NCC(c2ccc(F)cc2)N(C)C)C1.I. The maximum atomic E-state index is 13.2. The van der Waals surface area contributed by atoms with Crippen molar-refractivity contribution in [2.45, 2.75) is 25.8 Å². The Bertz CT molecular complexity index is 640. The van der Waals surface area contributed by atoms with Crippen molar-refractivity contribution >= 4 is 35.9 Å². The Kier molecular flexibility index (Phi) is 10.7. The number of likely N-dealkylation sites (N-methyl/N-ethyl adjacent to an activating group) is 1. The first-order valence-corrected chi connectivity index (χ1v) is 9.50. The van der Waals surface area contributed by atoms with Crippen LogP contribution >= 0.6 is 24.0 Å². The van der Waals surface area contributed by atoms with Crippen LogP contribution in [-0.4, -0.2) is 69.1 Å². The van der Waals surface area contributed by atoms with Crippen LogP contribution in [-0.2, 0) is 9.53 Å². The largest absolute Gasteiger partial charge is 0.466 e. The second kappa shape index (κ2) is 12.2. The average molecular weight is 506 g/mol. The number of aliphatic imine (C=N–C) groups is 1. The van der Waals surface area contributed by atoms with Gasteiger partial charge in [0.05, 0.1) is 18.6 Å². The molecule has 0 amide bonds. The van der Waals surface area contributed by atoms with Crippen LogP contribution in [0.4, 0.5) is 4.39 Å². The number of guanidine groups is 1. The minimum absolute atomic E-state index is 0. The van der Waals surface area contributed by atoms with Crippen molar-refractivity contribution in [3.8, 4) is 0 Å². The Morgan fingerprint density at radius 3 is 2.64 bits per heavy atom. The highest BCUT2D eigenvalue weighted by Crippen LogP contribution is 2.20. The zero-order valence-corrected chi connectivity index (χ0v) is 19.5. The van der Waals surface area contributed by atoms with Crippen LogP contribution in [0.25, 0.3) is 0 Å². The van der Waals surface area contributed by atoms with Crippen molar-refractivity contribution in [1.82, 2.24) is 15.1 Å². The molecule has 0 radical (unpaired) electrons. The molecule has 2 unspecified atom stereocenters. The number of carbonyl (C=O) groups excluding carboxylic acids is 1. The molecule has 1 aliphatic rings. The third-order valence-electron chi connectivity index (χ3n) is 4.88. The third-order valence-corrected chi connectivity index (χ3v) is 4.88. The van der Waals surface area contributed by atoms with E-state index in [0.717, 1.165) is 30.9 Å². The van der Waals surface area contributed by atoms with Crippen molar-refractivity contribution in [2.75, 3.05) is 47.4 Å². The van der Waals surface area contributed by atoms with Crippen LogP contribution in [0.1, 0.15) is 31.4 Å². The van der Waals surface area contributed by atoms with Gasteiger partial charge in [0.15, 0.2) is 5.96 Å². The Hall–Kier alpha value is -1.42. The molecule has 1 fully saturated rings. The lowest BCUT2D eigenvalue weighted by molar-refractivity contribution is -0.149. The molecule has 158 valence electrons. The van der Waals surface area contributed by atoms with E-state index in [1.807, 2.05) is 33.2 Å². The molecule has 1 N–H and O–H groups in total. The average Bonchev–Trinajstić information content (AvgIpc) is 2.66. The van der Waals surface area contributed by atoms with Gasteiger partial charge >= 0.3 is 5.97 Å². The maximum Gasteiger partial charge on any atom is 0.310 e. The topological polar surface area (TPSA) is 57.2 Å². The number of nitrogens with zero attached hydrogens (tertiary/aromatic N) is 3. The molecule has 1 heterocycles. The number of carbonyl (C=O) groups is 1. The summed E-state index contributed by atoms with van der Waals surface area (Å²) >= 11 is 0. The highest BCUT2D eigenvalue weighted by molar-refractivity contribution is 14.0. The number of rotatable bonds is 6. The van der Waals surface area contributed by atoms with Gasteiger partial charge in [-0.15, -0.1) is 24.0 Å². The number of likely N-dealkylation sites (tertiary alicyclic amines) is 1. The molecular formula is C20H32FIN4O2. The minimum atomic E-state index is -0.238. The van der Waals surface area contributed by atoms with Gasteiger partial charge < -0.3 is 19.9 Å². The zero-order valence-electron chi connectivity index (χ0n) is 17.2. The van der Waals surface area contributed by atoms with Crippen molar-refractivity contribution in [2.24, 2.45) is 10.9 Å². The maximum absolute atomic E-state index is 13.2. The summed E-state index contributed by atoms with van der Waals surface area (Å²) in [6.07, 6.45) is 1.78. The Morgan fingerprint density at radius 1 is 1.39 bits per heavy atom. The Morgan fingerprint density at radius 2 is 2.07 bits per heavy atom. The monoisotopic (exact) mass is 506 g/mol. The van der Waals surface area contributed by atoms with E-state index in [4.69, 9.17) is 4.74 Å². The predicted molar refractivity (Wildman–Crippen MR) is 121 cm³/mol. The van der Waals surface area contributed by atoms with Gasteiger partial charge in [0.25, 0.3) is 0 Å². The lowest BCUT2D eigenvalue weighted by Crippen LogP contribution is -2.49. The van der Waals surface area contributed by atoms with Gasteiger partial charge in [-0.2, -0.15) is 0 Å². The highest BCUT2D eigenvalue weighted by Gasteiger charge is 2.28. The summed E-state index contributed by atoms with van der Waals surface area (Å²) in [6.45, 7) is 4.34. The summed E-state index contributed by atoms with van der Waals surface area (Å²) in [5.74, 6) is 0.297. The summed E-state index contributed by atoms with van der Waals surface area (Å²) in [5, 5.41) is 3.41. The standard InChI is InChI=1S/C20H31FN4O2.HI/c1-5-27-19(26)16-7-6-12-25(14-16)20(22-2)23-13-18(24(3)4)15-8-10-17(21)11-9-15;/h8-11,16,18H,5-7,12-14H2,1-4H3,(H,22,23);1H. The van der Waals surface area contributed by atoms with E-state index >= 15 is 0 Å². The molecule has 2 atom stereocenters. The molecule has 1 aliphatic heterocycles. The Labute approximate surface area is 184 Å². The normalized spacial score (nSPS) is 18.4. The smallest absolute Gasteiger partial charge is 0.310 e. The molecule has 8 heteroatoms. The quantitative estimate of drug-likeness (QED) is 0.279. The zero-order chi connectivity index (χ0) is 19.8. The van der Waals surface area contributed by atoms with Gasteiger partial charge in [-0.1, -0.05) is 12.1 Å². The fourth-order valence-electron chi connectivity index (χ4n) is 3.43. The molecule has 1 saturated heterocycles. The molecule has 28 heavy (non-hydrogen) atoms.